The molecule has 8 heteroatoms. The molecule has 1 amide bonds. The molecule has 2 atom stereocenters. The van der Waals surface area contributed by atoms with Crippen molar-refractivity contribution in [2.45, 2.75) is 65.2 Å². The quantitative estimate of drug-likeness (QED) is 0.517. The van der Waals surface area contributed by atoms with Gasteiger partial charge >= 0.3 is 11.9 Å². The fraction of sp³-hybridized carbons (Fsp3) is 0.733. The number of amides is 1. The predicted molar refractivity (Wildman–Crippen MR) is 80.5 cm³/mol. The average Bonchev–Trinajstić information content (AvgIpc) is 2.33. The monoisotopic (exact) mass is 331 g/mol. The van der Waals surface area contributed by atoms with E-state index < -0.39 is 48.4 Å². The first-order valence-electron chi connectivity index (χ1n) is 7.34. The molecular formula is C15H25NO7. The van der Waals surface area contributed by atoms with Gasteiger partial charge in [-0.05, 0) is 26.7 Å². The zero-order valence-electron chi connectivity index (χ0n) is 14.1. The Morgan fingerprint density at radius 2 is 1.61 bits per heavy atom. The molecule has 0 aromatic carbocycles. The number of aliphatic carboxylic acids is 1. The predicted octanol–water partition coefficient (Wildman–Crippen LogP) is 0.264. The molecule has 0 bridgehead atoms. The van der Waals surface area contributed by atoms with Crippen LogP contribution in [-0.2, 0) is 23.9 Å². The number of esters is 1. The highest BCUT2D eigenvalue weighted by molar-refractivity contribution is 5.93. The van der Waals surface area contributed by atoms with E-state index in [0.29, 0.717) is 0 Å². The van der Waals surface area contributed by atoms with Crippen LogP contribution in [0.15, 0.2) is 0 Å². The normalized spacial score (nSPS) is 15.0. The Balaban J connectivity index is 4.99. The maximum absolute atomic E-state index is 11.9. The molecule has 23 heavy (non-hydrogen) atoms. The van der Waals surface area contributed by atoms with E-state index in [1.54, 1.807) is 27.7 Å². The Morgan fingerprint density at radius 1 is 1.09 bits per heavy atom. The minimum atomic E-state index is -2.59. The van der Waals surface area contributed by atoms with Gasteiger partial charge in [-0.15, -0.1) is 0 Å². The summed E-state index contributed by atoms with van der Waals surface area (Å²) in [5.74, 6) is -3.95. The molecule has 0 aromatic rings. The lowest BCUT2D eigenvalue weighted by molar-refractivity contribution is -0.171. The first kappa shape index (κ1) is 21.0. The van der Waals surface area contributed by atoms with Crippen molar-refractivity contribution in [2.24, 2.45) is 5.92 Å². The Bertz CT molecular complexity index is 472. The van der Waals surface area contributed by atoms with Gasteiger partial charge in [0.1, 0.15) is 0 Å². The summed E-state index contributed by atoms with van der Waals surface area (Å²) in [6.07, 6.45) is -2.19. The molecule has 0 radical (unpaired) electrons. The summed E-state index contributed by atoms with van der Waals surface area (Å²) in [7, 11) is 0. The summed E-state index contributed by atoms with van der Waals surface area (Å²) in [5, 5.41) is 21.6. The molecule has 8 nitrogen and oxygen atoms in total. The zero-order chi connectivity index (χ0) is 18.4. The standard InChI is InChI=1S/C15H25NO7/c1-8(2)13(10(5)17)16-11(18)6-15(22,14(20)21)7-12(19)23-9(3)4/h8-9,13,22H,6-7H2,1-5H3,(H,16,18)(H,20,21)/t13-,15+/m0/s1. The summed E-state index contributed by atoms with van der Waals surface area (Å²) >= 11 is 0. The lowest BCUT2D eigenvalue weighted by Gasteiger charge is -2.25. The third kappa shape index (κ3) is 7.23. The van der Waals surface area contributed by atoms with Crippen molar-refractivity contribution in [1.29, 1.82) is 0 Å². The first-order valence-corrected chi connectivity index (χ1v) is 7.34. The average molecular weight is 331 g/mol. The molecule has 0 heterocycles. The van der Waals surface area contributed by atoms with E-state index >= 15 is 0 Å². The fourth-order valence-electron chi connectivity index (χ4n) is 1.98. The van der Waals surface area contributed by atoms with E-state index in [9.17, 15) is 24.3 Å². The number of carbonyl (C=O) groups excluding carboxylic acids is 3. The number of nitrogens with one attached hydrogen (secondary N) is 1. The van der Waals surface area contributed by atoms with Crippen LogP contribution >= 0.6 is 0 Å². The number of hydrogen-bond donors (Lipinski definition) is 3. The van der Waals surface area contributed by atoms with Crippen LogP contribution in [0.25, 0.3) is 0 Å². The van der Waals surface area contributed by atoms with Crippen LogP contribution in [0.2, 0.25) is 0 Å². The maximum Gasteiger partial charge on any atom is 0.336 e. The SMILES string of the molecule is CC(=O)[C@@H](NC(=O)C[C@@](O)(CC(=O)OC(C)C)C(=O)O)C(C)C. The molecule has 0 spiro atoms. The Kier molecular flexibility index (Phi) is 7.88. The van der Waals surface area contributed by atoms with Gasteiger partial charge < -0.3 is 20.3 Å². The van der Waals surface area contributed by atoms with Crippen LogP contribution in [0.4, 0.5) is 0 Å². The number of carboxylic acid groups (broad SMARTS) is 1. The minimum absolute atomic E-state index is 0.194. The number of ether oxygens (including phenoxy) is 1. The molecule has 0 saturated carbocycles. The second kappa shape index (κ2) is 8.61. The van der Waals surface area contributed by atoms with Gasteiger partial charge in [0.05, 0.1) is 25.0 Å². The van der Waals surface area contributed by atoms with Crippen LogP contribution in [0, 0.1) is 5.92 Å². The van der Waals surface area contributed by atoms with Crippen LogP contribution in [0.3, 0.4) is 0 Å². The van der Waals surface area contributed by atoms with Crippen LogP contribution < -0.4 is 5.32 Å². The van der Waals surface area contributed by atoms with Crippen molar-refractivity contribution in [1.82, 2.24) is 5.32 Å². The van der Waals surface area contributed by atoms with Crippen molar-refractivity contribution >= 4 is 23.6 Å². The van der Waals surface area contributed by atoms with E-state index in [1.165, 1.54) is 6.92 Å². The minimum Gasteiger partial charge on any atom is -0.479 e. The molecule has 0 aliphatic heterocycles. The molecule has 0 saturated heterocycles. The number of hydrogen-bond acceptors (Lipinski definition) is 6. The number of Topliss-reactive ketones (excluding diaryl/α,β-unsaturated/α-hetero) is 1. The number of carbonyl (C=O) groups is 4. The fourth-order valence-corrected chi connectivity index (χ4v) is 1.98. The second-order valence-electron chi connectivity index (χ2n) is 6.13. The lowest BCUT2D eigenvalue weighted by Crippen LogP contribution is -2.49. The van der Waals surface area contributed by atoms with E-state index in [4.69, 9.17) is 9.84 Å². The van der Waals surface area contributed by atoms with Crippen molar-refractivity contribution < 1.29 is 34.1 Å². The molecule has 0 fully saturated rings. The molecule has 0 aliphatic rings. The number of carboxylic acids is 1. The summed E-state index contributed by atoms with van der Waals surface area (Å²) in [4.78, 5) is 46.2. The lowest BCUT2D eigenvalue weighted by atomic mass is 9.94. The highest BCUT2D eigenvalue weighted by Gasteiger charge is 2.42. The highest BCUT2D eigenvalue weighted by Crippen LogP contribution is 2.18. The number of rotatable bonds is 9. The van der Waals surface area contributed by atoms with Crippen LogP contribution in [0.1, 0.15) is 47.5 Å². The van der Waals surface area contributed by atoms with Crippen molar-refractivity contribution in [3.05, 3.63) is 0 Å². The van der Waals surface area contributed by atoms with Crippen molar-refractivity contribution in [3.63, 3.8) is 0 Å². The topological polar surface area (TPSA) is 130 Å². The van der Waals surface area contributed by atoms with Gasteiger partial charge in [-0.1, -0.05) is 13.8 Å². The van der Waals surface area contributed by atoms with E-state index in [2.05, 4.69) is 5.32 Å². The molecule has 0 unspecified atom stereocenters. The smallest absolute Gasteiger partial charge is 0.336 e. The van der Waals surface area contributed by atoms with E-state index in [0.717, 1.165) is 0 Å². The molecule has 3 N–H and O–H groups in total. The molecule has 0 aliphatic carbocycles. The Morgan fingerprint density at radius 3 is 1.96 bits per heavy atom. The highest BCUT2D eigenvalue weighted by atomic mass is 16.5. The second-order valence-corrected chi connectivity index (χ2v) is 6.13. The Hall–Kier alpha value is -1.96. The van der Waals surface area contributed by atoms with Crippen molar-refractivity contribution in [3.8, 4) is 0 Å². The third-order valence-corrected chi connectivity index (χ3v) is 3.08. The van der Waals surface area contributed by atoms with Gasteiger partial charge in [-0.3, -0.25) is 14.4 Å². The van der Waals surface area contributed by atoms with Gasteiger partial charge in [-0.25, -0.2) is 4.79 Å². The van der Waals surface area contributed by atoms with Gasteiger partial charge in [0, 0.05) is 0 Å². The first-order chi connectivity index (χ1) is 10.4. The largest absolute Gasteiger partial charge is 0.479 e. The van der Waals surface area contributed by atoms with Gasteiger partial charge in [-0.2, -0.15) is 0 Å². The Labute approximate surface area is 135 Å². The van der Waals surface area contributed by atoms with Gasteiger partial charge in [0.2, 0.25) is 5.91 Å². The summed E-state index contributed by atoms with van der Waals surface area (Å²) in [5.41, 5.74) is -2.59. The molecule has 132 valence electrons. The summed E-state index contributed by atoms with van der Waals surface area (Å²) < 4.78 is 4.79. The van der Waals surface area contributed by atoms with Gasteiger partial charge in [0.15, 0.2) is 11.4 Å². The molecule has 0 aromatic heterocycles. The maximum atomic E-state index is 11.9. The number of ketones is 1. The number of aliphatic hydroxyl groups is 1. The van der Waals surface area contributed by atoms with E-state index in [-0.39, 0.29) is 11.7 Å². The van der Waals surface area contributed by atoms with Gasteiger partial charge in [0.25, 0.3) is 0 Å². The zero-order valence-corrected chi connectivity index (χ0v) is 14.1. The summed E-state index contributed by atoms with van der Waals surface area (Å²) in [6, 6.07) is -0.789. The molecule has 0 rings (SSSR count). The van der Waals surface area contributed by atoms with Crippen molar-refractivity contribution in [2.75, 3.05) is 0 Å². The van der Waals surface area contributed by atoms with E-state index in [1.807, 2.05) is 0 Å². The van der Waals surface area contributed by atoms with Crippen LogP contribution in [-0.4, -0.2) is 51.6 Å². The summed E-state index contributed by atoms with van der Waals surface area (Å²) in [6.45, 7) is 7.88. The third-order valence-electron chi connectivity index (χ3n) is 3.08. The molecular weight excluding hydrogens is 306 g/mol. The van der Waals surface area contributed by atoms with Crippen LogP contribution in [0.5, 0.6) is 0 Å².